The first-order valence-corrected chi connectivity index (χ1v) is 7.20. The van der Waals surface area contributed by atoms with Gasteiger partial charge in [-0.25, -0.2) is 0 Å². The molecule has 0 heterocycles. The Morgan fingerprint density at radius 1 is 1.44 bits per heavy atom. The summed E-state index contributed by atoms with van der Waals surface area (Å²) in [5, 5.41) is 1.39. The molecule has 0 aliphatic carbocycles. The summed E-state index contributed by atoms with van der Waals surface area (Å²) in [7, 11) is 1.63. The summed E-state index contributed by atoms with van der Waals surface area (Å²) >= 11 is 9.25. The van der Waals surface area contributed by atoms with Gasteiger partial charge in [-0.3, -0.25) is 4.79 Å². The van der Waals surface area contributed by atoms with Crippen LogP contribution in [-0.2, 0) is 4.74 Å². The molecule has 1 aromatic rings. The predicted molar refractivity (Wildman–Crippen MR) is 77.8 cm³/mol. The highest BCUT2D eigenvalue weighted by atomic mass is 79.9. The van der Waals surface area contributed by atoms with E-state index in [1.807, 2.05) is 6.92 Å². The Kier molecular flexibility index (Phi) is 6.68. The van der Waals surface area contributed by atoms with Crippen LogP contribution in [0.4, 0.5) is 0 Å². The van der Waals surface area contributed by atoms with E-state index in [9.17, 15) is 4.79 Å². The van der Waals surface area contributed by atoms with Crippen molar-refractivity contribution in [3.05, 3.63) is 34.3 Å². The third kappa shape index (κ3) is 4.26. The molecule has 0 aliphatic heterocycles. The molecule has 0 atom stereocenters. The van der Waals surface area contributed by atoms with Crippen LogP contribution in [0.25, 0.3) is 0 Å². The van der Waals surface area contributed by atoms with E-state index in [0.717, 1.165) is 10.9 Å². The fourth-order valence-corrected chi connectivity index (χ4v) is 2.31. The third-order valence-electron chi connectivity index (χ3n) is 2.63. The highest BCUT2D eigenvalue weighted by molar-refractivity contribution is 9.09. The Hall–Kier alpha value is -0.580. The molecule has 18 heavy (non-hydrogen) atoms. The summed E-state index contributed by atoms with van der Waals surface area (Å²) in [4.78, 5) is 14.2. The van der Waals surface area contributed by atoms with E-state index in [4.69, 9.17) is 16.3 Å². The number of benzene rings is 1. The van der Waals surface area contributed by atoms with Crippen LogP contribution in [-0.4, -0.2) is 42.9 Å². The quantitative estimate of drug-likeness (QED) is 0.748. The van der Waals surface area contributed by atoms with Crippen LogP contribution in [0.15, 0.2) is 18.2 Å². The molecule has 3 nitrogen and oxygen atoms in total. The first-order valence-electron chi connectivity index (χ1n) is 5.70. The van der Waals surface area contributed by atoms with Crippen molar-refractivity contribution in [2.24, 2.45) is 0 Å². The average molecular weight is 335 g/mol. The molecule has 0 saturated carbocycles. The second kappa shape index (κ2) is 7.77. The molecule has 100 valence electrons. The summed E-state index contributed by atoms with van der Waals surface area (Å²) in [6, 6.07) is 5.32. The van der Waals surface area contributed by atoms with Crippen LogP contribution in [0, 0.1) is 6.92 Å². The number of hydrogen-bond acceptors (Lipinski definition) is 2. The van der Waals surface area contributed by atoms with E-state index in [2.05, 4.69) is 15.9 Å². The third-order valence-corrected chi connectivity index (χ3v) is 3.22. The molecule has 0 saturated heterocycles. The van der Waals surface area contributed by atoms with Crippen LogP contribution >= 0.6 is 27.5 Å². The lowest BCUT2D eigenvalue weighted by Gasteiger charge is -2.22. The molecular weight excluding hydrogens is 318 g/mol. The fourth-order valence-electron chi connectivity index (χ4n) is 1.66. The number of aryl methyl sites for hydroxylation is 1. The smallest absolute Gasteiger partial charge is 0.254 e. The van der Waals surface area contributed by atoms with Crippen molar-refractivity contribution in [3.8, 4) is 0 Å². The van der Waals surface area contributed by atoms with Gasteiger partial charge in [-0.2, -0.15) is 0 Å². The van der Waals surface area contributed by atoms with Gasteiger partial charge >= 0.3 is 0 Å². The van der Waals surface area contributed by atoms with Crippen molar-refractivity contribution < 1.29 is 9.53 Å². The lowest BCUT2D eigenvalue weighted by Crippen LogP contribution is -2.35. The van der Waals surface area contributed by atoms with Crippen molar-refractivity contribution in [2.45, 2.75) is 6.92 Å². The van der Waals surface area contributed by atoms with E-state index >= 15 is 0 Å². The predicted octanol–water partition coefficient (Wildman–Crippen LogP) is 3.13. The number of alkyl halides is 1. The standard InChI is InChI=1S/C13H17BrClNO2/c1-10-9-11(15)3-4-12(10)13(17)16(6-5-14)7-8-18-2/h3-4,9H,5-8H2,1-2H3. The average Bonchev–Trinajstić information content (AvgIpc) is 2.33. The SMILES string of the molecule is COCCN(CCBr)C(=O)c1ccc(Cl)cc1C. The number of nitrogens with zero attached hydrogens (tertiary/aromatic N) is 1. The number of halogens is 2. The number of ether oxygens (including phenoxy) is 1. The van der Waals surface area contributed by atoms with E-state index in [-0.39, 0.29) is 5.91 Å². The minimum atomic E-state index is 0.0145. The molecule has 0 unspecified atom stereocenters. The molecule has 0 spiro atoms. The maximum absolute atomic E-state index is 12.4. The zero-order chi connectivity index (χ0) is 13.5. The first kappa shape index (κ1) is 15.5. The largest absolute Gasteiger partial charge is 0.383 e. The van der Waals surface area contributed by atoms with E-state index in [1.54, 1.807) is 30.2 Å². The van der Waals surface area contributed by atoms with Crippen LogP contribution in [0.1, 0.15) is 15.9 Å². The Bertz CT molecular complexity index is 412. The zero-order valence-corrected chi connectivity index (χ0v) is 12.9. The zero-order valence-electron chi connectivity index (χ0n) is 10.6. The van der Waals surface area contributed by atoms with Crippen molar-refractivity contribution in [3.63, 3.8) is 0 Å². The lowest BCUT2D eigenvalue weighted by atomic mass is 10.1. The monoisotopic (exact) mass is 333 g/mol. The number of amides is 1. The molecule has 0 fully saturated rings. The van der Waals surface area contributed by atoms with Gasteiger partial charge in [0.05, 0.1) is 6.61 Å². The minimum absolute atomic E-state index is 0.0145. The second-order valence-electron chi connectivity index (χ2n) is 3.93. The number of carbonyl (C=O) groups excluding carboxylic acids is 1. The Balaban J connectivity index is 2.87. The fraction of sp³-hybridized carbons (Fsp3) is 0.462. The van der Waals surface area contributed by atoms with Gasteiger partial charge in [-0.1, -0.05) is 27.5 Å². The Labute approximate surface area is 121 Å². The molecule has 0 radical (unpaired) electrons. The van der Waals surface area contributed by atoms with Gasteiger partial charge < -0.3 is 9.64 Å². The summed E-state index contributed by atoms with van der Waals surface area (Å²) in [6.45, 7) is 3.67. The first-order chi connectivity index (χ1) is 8.60. The minimum Gasteiger partial charge on any atom is -0.383 e. The highest BCUT2D eigenvalue weighted by Crippen LogP contribution is 2.17. The van der Waals surface area contributed by atoms with Gasteiger partial charge in [0.25, 0.3) is 5.91 Å². The Morgan fingerprint density at radius 2 is 2.17 bits per heavy atom. The number of rotatable bonds is 6. The summed E-state index contributed by atoms with van der Waals surface area (Å²) in [5.41, 5.74) is 1.58. The van der Waals surface area contributed by atoms with Gasteiger partial charge in [0.1, 0.15) is 0 Å². The molecular formula is C13H17BrClNO2. The maximum Gasteiger partial charge on any atom is 0.254 e. The van der Waals surface area contributed by atoms with Crippen LogP contribution in [0.5, 0.6) is 0 Å². The van der Waals surface area contributed by atoms with Gasteiger partial charge in [0.15, 0.2) is 0 Å². The molecule has 1 amide bonds. The van der Waals surface area contributed by atoms with E-state index < -0.39 is 0 Å². The number of methoxy groups -OCH3 is 1. The van der Waals surface area contributed by atoms with Gasteiger partial charge in [0.2, 0.25) is 0 Å². The van der Waals surface area contributed by atoms with Crippen molar-refractivity contribution in [1.29, 1.82) is 0 Å². The van der Waals surface area contributed by atoms with Crippen LogP contribution in [0.3, 0.4) is 0 Å². The van der Waals surface area contributed by atoms with Gasteiger partial charge in [-0.05, 0) is 30.7 Å². The summed E-state index contributed by atoms with van der Waals surface area (Å²) in [5.74, 6) is 0.0145. The highest BCUT2D eigenvalue weighted by Gasteiger charge is 2.16. The van der Waals surface area contributed by atoms with Crippen molar-refractivity contribution in [1.82, 2.24) is 4.90 Å². The van der Waals surface area contributed by atoms with Crippen LogP contribution in [0.2, 0.25) is 5.02 Å². The normalized spacial score (nSPS) is 10.4. The van der Waals surface area contributed by atoms with Crippen molar-refractivity contribution >= 4 is 33.4 Å². The van der Waals surface area contributed by atoms with Gasteiger partial charge in [0, 0.05) is 36.1 Å². The molecule has 0 bridgehead atoms. The molecule has 0 N–H and O–H groups in total. The topological polar surface area (TPSA) is 29.5 Å². The number of carbonyl (C=O) groups is 1. The molecule has 1 rings (SSSR count). The molecule has 0 aliphatic rings. The van der Waals surface area contributed by atoms with E-state index in [1.165, 1.54) is 0 Å². The summed E-state index contributed by atoms with van der Waals surface area (Å²) in [6.07, 6.45) is 0. The molecule has 1 aromatic carbocycles. The Morgan fingerprint density at radius 3 is 2.72 bits per heavy atom. The van der Waals surface area contributed by atoms with Gasteiger partial charge in [-0.15, -0.1) is 0 Å². The lowest BCUT2D eigenvalue weighted by molar-refractivity contribution is 0.0708. The molecule has 5 heteroatoms. The molecule has 0 aromatic heterocycles. The van der Waals surface area contributed by atoms with Crippen molar-refractivity contribution in [2.75, 3.05) is 32.1 Å². The second-order valence-corrected chi connectivity index (χ2v) is 5.16. The van der Waals surface area contributed by atoms with E-state index in [0.29, 0.717) is 30.3 Å². The number of hydrogen-bond donors (Lipinski definition) is 0. The summed E-state index contributed by atoms with van der Waals surface area (Å²) < 4.78 is 5.02. The van der Waals surface area contributed by atoms with Crippen LogP contribution < -0.4 is 0 Å². The maximum atomic E-state index is 12.4.